The van der Waals surface area contributed by atoms with E-state index < -0.39 is 0 Å². The van der Waals surface area contributed by atoms with Crippen molar-refractivity contribution in [3.05, 3.63) is 24.3 Å². The number of hydrogen-bond acceptors (Lipinski definition) is 4. The van der Waals surface area contributed by atoms with E-state index in [1.54, 1.807) is 0 Å². The van der Waals surface area contributed by atoms with Gasteiger partial charge in [0.15, 0.2) is 0 Å². The van der Waals surface area contributed by atoms with E-state index in [1.165, 1.54) is 0 Å². The van der Waals surface area contributed by atoms with E-state index in [4.69, 9.17) is 10.5 Å². The highest BCUT2D eigenvalue weighted by Gasteiger charge is 2.36. The molecule has 1 amide bonds. The molecule has 0 radical (unpaired) electrons. The van der Waals surface area contributed by atoms with E-state index in [-0.39, 0.29) is 23.4 Å². The molecule has 0 spiro atoms. The first-order valence-electron chi connectivity index (χ1n) is 8.37. The monoisotopic (exact) mass is 319 g/mol. The third-order valence-corrected chi connectivity index (χ3v) is 4.70. The van der Waals surface area contributed by atoms with Crippen molar-refractivity contribution in [2.45, 2.75) is 46.2 Å². The third kappa shape index (κ3) is 4.45. The Labute approximate surface area is 139 Å². The number of rotatable bonds is 5. The number of hydrogen-bond donors (Lipinski definition) is 2. The predicted octanol–water partition coefficient (Wildman–Crippen LogP) is 2.47. The fraction of sp³-hybridized carbons (Fsp3) is 0.611. The Hall–Kier alpha value is -1.59. The van der Waals surface area contributed by atoms with Crippen LogP contribution in [0.1, 0.15) is 34.1 Å². The number of likely N-dealkylation sites (tertiary alicyclic amines) is 1. The summed E-state index contributed by atoms with van der Waals surface area (Å²) in [6.45, 7) is 10.6. The molecular weight excluding hydrogens is 290 g/mol. The van der Waals surface area contributed by atoms with Gasteiger partial charge in [0.25, 0.3) is 0 Å². The first-order valence-corrected chi connectivity index (χ1v) is 8.37. The Morgan fingerprint density at radius 3 is 2.65 bits per heavy atom. The summed E-state index contributed by atoms with van der Waals surface area (Å²) in [6, 6.07) is 7.49. The van der Waals surface area contributed by atoms with Crippen molar-refractivity contribution in [3.8, 4) is 5.75 Å². The van der Waals surface area contributed by atoms with Gasteiger partial charge in [-0.1, -0.05) is 13.8 Å². The maximum absolute atomic E-state index is 12.5. The van der Waals surface area contributed by atoms with Crippen LogP contribution in [0, 0.1) is 5.41 Å². The second kappa shape index (κ2) is 7.32. The number of piperidine rings is 1. The number of nitrogens with one attached hydrogen (secondary N) is 1. The second-order valence-electron chi connectivity index (χ2n) is 6.98. The lowest BCUT2D eigenvalue weighted by Crippen LogP contribution is -2.56. The molecule has 1 aromatic carbocycles. The number of carbonyl (C=O) groups is 1. The van der Waals surface area contributed by atoms with Crippen LogP contribution in [0.5, 0.6) is 5.75 Å². The minimum atomic E-state index is -0.173. The zero-order chi connectivity index (χ0) is 17.0. The average molecular weight is 319 g/mol. The lowest BCUT2D eigenvalue weighted by Gasteiger charge is -2.44. The molecular formula is C18H29N3O2. The number of ether oxygens (including phenoxy) is 1. The molecule has 0 saturated carbocycles. The third-order valence-electron chi connectivity index (χ3n) is 4.70. The molecule has 23 heavy (non-hydrogen) atoms. The van der Waals surface area contributed by atoms with Crippen molar-refractivity contribution >= 4 is 11.6 Å². The molecule has 0 aliphatic carbocycles. The van der Waals surface area contributed by atoms with E-state index in [2.05, 4.69) is 24.1 Å². The number of nitrogens with zero attached hydrogens (tertiary/aromatic N) is 1. The van der Waals surface area contributed by atoms with E-state index in [0.717, 1.165) is 30.9 Å². The number of amides is 1. The maximum Gasteiger partial charge on any atom is 0.241 e. The van der Waals surface area contributed by atoms with Gasteiger partial charge in [-0.05, 0) is 49.9 Å². The Balaban J connectivity index is 1.94. The van der Waals surface area contributed by atoms with Crippen molar-refractivity contribution in [1.82, 2.24) is 4.90 Å². The van der Waals surface area contributed by atoms with Crippen LogP contribution in [-0.2, 0) is 4.79 Å². The molecule has 1 fully saturated rings. The van der Waals surface area contributed by atoms with E-state index in [9.17, 15) is 4.79 Å². The lowest BCUT2D eigenvalue weighted by atomic mass is 9.79. The minimum Gasteiger partial charge on any atom is -0.494 e. The Morgan fingerprint density at radius 1 is 1.43 bits per heavy atom. The van der Waals surface area contributed by atoms with Gasteiger partial charge in [-0.2, -0.15) is 0 Å². The van der Waals surface area contributed by atoms with Crippen molar-refractivity contribution in [2.24, 2.45) is 11.1 Å². The molecule has 5 heteroatoms. The molecule has 1 aromatic rings. The molecule has 128 valence electrons. The number of carbonyl (C=O) groups excluding carboxylic acids is 1. The first-order chi connectivity index (χ1) is 10.8. The van der Waals surface area contributed by atoms with Crippen LogP contribution in [-0.4, -0.2) is 42.6 Å². The number of nitrogens with two attached hydrogens (primary N) is 1. The molecule has 0 bridgehead atoms. The van der Waals surface area contributed by atoms with Crippen molar-refractivity contribution in [2.75, 3.05) is 25.0 Å². The summed E-state index contributed by atoms with van der Waals surface area (Å²) in [5.74, 6) is 0.825. The van der Waals surface area contributed by atoms with Crippen molar-refractivity contribution < 1.29 is 9.53 Å². The molecule has 2 unspecified atom stereocenters. The summed E-state index contributed by atoms with van der Waals surface area (Å²) in [4.78, 5) is 14.7. The van der Waals surface area contributed by atoms with Gasteiger partial charge in [-0.15, -0.1) is 0 Å². The zero-order valence-corrected chi connectivity index (χ0v) is 14.6. The summed E-state index contributed by atoms with van der Waals surface area (Å²) >= 11 is 0. The van der Waals surface area contributed by atoms with Gasteiger partial charge in [0.1, 0.15) is 5.75 Å². The molecule has 2 rings (SSSR count). The first kappa shape index (κ1) is 17.8. The molecule has 2 atom stereocenters. The van der Waals surface area contributed by atoms with Gasteiger partial charge in [-0.3, -0.25) is 9.69 Å². The predicted molar refractivity (Wildman–Crippen MR) is 93.6 cm³/mol. The summed E-state index contributed by atoms with van der Waals surface area (Å²) in [6.07, 6.45) is 0.924. The highest BCUT2D eigenvalue weighted by molar-refractivity contribution is 5.94. The largest absolute Gasteiger partial charge is 0.494 e. The van der Waals surface area contributed by atoms with Gasteiger partial charge < -0.3 is 15.8 Å². The maximum atomic E-state index is 12.5. The zero-order valence-electron chi connectivity index (χ0n) is 14.6. The van der Waals surface area contributed by atoms with E-state index in [1.807, 2.05) is 38.1 Å². The van der Waals surface area contributed by atoms with Gasteiger partial charge in [0.2, 0.25) is 5.91 Å². The molecule has 0 aromatic heterocycles. The van der Waals surface area contributed by atoms with Crippen LogP contribution in [0.3, 0.4) is 0 Å². The van der Waals surface area contributed by atoms with Crippen LogP contribution in [0.4, 0.5) is 5.69 Å². The van der Waals surface area contributed by atoms with Crippen LogP contribution in [0.2, 0.25) is 0 Å². The molecule has 5 nitrogen and oxygen atoms in total. The molecule has 1 aliphatic heterocycles. The van der Waals surface area contributed by atoms with Crippen LogP contribution in [0.15, 0.2) is 24.3 Å². The van der Waals surface area contributed by atoms with Gasteiger partial charge in [0, 0.05) is 24.8 Å². The molecule has 1 aliphatic rings. The van der Waals surface area contributed by atoms with Gasteiger partial charge in [0.05, 0.1) is 12.6 Å². The molecule has 3 N–H and O–H groups in total. The fourth-order valence-corrected chi connectivity index (χ4v) is 2.96. The summed E-state index contributed by atoms with van der Waals surface area (Å²) in [7, 11) is 0. The van der Waals surface area contributed by atoms with Crippen LogP contribution in [0.25, 0.3) is 0 Å². The van der Waals surface area contributed by atoms with Crippen molar-refractivity contribution in [3.63, 3.8) is 0 Å². The molecule has 1 heterocycles. The lowest BCUT2D eigenvalue weighted by molar-refractivity contribution is -0.122. The standard InChI is InChI=1S/C18H29N3O2/c1-5-23-15-8-6-14(7-9-15)20-17(22)13(2)21-11-10-16(19)18(3,4)12-21/h6-9,13,16H,5,10-12,19H2,1-4H3,(H,20,22). The number of anilines is 1. The van der Waals surface area contributed by atoms with E-state index in [0.29, 0.717) is 6.61 Å². The van der Waals surface area contributed by atoms with Crippen LogP contribution >= 0.6 is 0 Å². The molecule has 1 saturated heterocycles. The van der Waals surface area contributed by atoms with Gasteiger partial charge >= 0.3 is 0 Å². The van der Waals surface area contributed by atoms with Gasteiger partial charge in [-0.25, -0.2) is 0 Å². The minimum absolute atomic E-state index is 0.0143. The normalized spacial score (nSPS) is 22.4. The van der Waals surface area contributed by atoms with Crippen molar-refractivity contribution in [1.29, 1.82) is 0 Å². The topological polar surface area (TPSA) is 67.6 Å². The Bertz CT molecular complexity index is 528. The fourth-order valence-electron chi connectivity index (χ4n) is 2.96. The highest BCUT2D eigenvalue weighted by Crippen LogP contribution is 2.29. The SMILES string of the molecule is CCOc1ccc(NC(=O)C(C)N2CCC(N)C(C)(C)C2)cc1. The highest BCUT2D eigenvalue weighted by atomic mass is 16.5. The number of benzene rings is 1. The summed E-state index contributed by atoms with van der Waals surface area (Å²) in [5, 5.41) is 2.98. The summed E-state index contributed by atoms with van der Waals surface area (Å²) < 4.78 is 5.41. The Kier molecular flexibility index (Phi) is 5.65. The average Bonchev–Trinajstić information content (AvgIpc) is 2.51. The van der Waals surface area contributed by atoms with Crippen LogP contribution < -0.4 is 15.8 Å². The Morgan fingerprint density at radius 2 is 2.09 bits per heavy atom. The smallest absolute Gasteiger partial charge is 0.241 e. The van der Waals surface area contributed by atoms with E-state index >= 15 is 0 Å². The second-order valence-corrected chi connectivity index (χ2v) is 6.98. The quantitative estimate of drug-likeness (QED) is 0.875. The summed E-state index contributed by atoms with van der Waals surface area (Å²) in [5.41, 5.74) is 7.00.